The van der Waals surface area contributed by atoms with Gasteiger partial charge in [0.05, 0.1) is 11.5 Å². The maximum absolute atomic E-state index is 12.7. The summed E-state index contributed by atoms with van der Waals surface area (Å²) >= 11 is 2.72. The van der Waals surface area contributed by atoms with E-state index in [2.05, 4.69) is 15.5 Å². The average molecular weight is 483 g/mol. The highest BCUT2D eigenvalue weighted by atomic mass is 32.2. The molecule has 1 aromatic heterocycles. The first kappa shape index (κ1) is 22.9. The van der Waals surface area contributed by atoms with Gasteiger partial charge in [0, 0.05) is 25.3 Å². The van der Waals surface area contributed by atoms with Crippen molar-refractivity contribution in [3.63, 3.8) is 0 Å². The fraction of sp³-hybridized carbons (Fsp3) is 0.261. The standard InChI is InChI=1S/C23H22N4O4S2/c1-14-2-4-15(5-3-14)11-27-12-18(10-19(27)28)20(29)24-22-25-26-23(33-22)32-13-16-6-8-17(9-7-16)21(30)31/h2-9,18H,10-13H2,1H3,(H,30,31)(H,24,25,29)/t18-/m0/s1. The molecule has 2 aromatic carbocycles. The van der Waals surface area contributed by atoms with E-state index in [0.29, 0.717) is 28.3 Å². The summed E-state index contributed by atoms with van der Waals surface area (Å²) in [4.78, 5) is 37.7. The molecule has 0 unspecified atom stereocenters. The van der Waals surface area contributed by atoms with Crippen LogP contribution >= 0.6 is 23.1 Å². The molecule has 3 aromatic rings. The molecule has 1 saturated heterocycles. The molecule has 2 N–H and O–H groups in total. The summed E-state index contributed by atoms with van der Waals surface area (Å²) in [6.45, 7) is 2.89. The Morgan fingerprint density at radius 2 is 1.82 bits per heavy atom. The van der Waals surface area contributed by atoms with E-state index in [1.807, 2.05) is 31.2 Å². The lowest BCUT2D eigenvalue weighted by atomic mass is 10.1. The van der Waals surface area contributed by atoms with Crippen molar-refractivity contribution in [2.75, 3.05) is 11.9 Å². The van der Waals surface area contributed by atoms with Crippen molar-refractivity contribution >= 4 is 46.0 Å². The van der Waals surface area contributed by atoms with E-state index < -0.39 is 11.9 Å². The maximum atomic E-state index is 12.7. The lowest BCUT2D eigenvalue weighted by Crippen LogP contribution is -2.28. The van der Waals surface area contributed by atoms with Crippen LogP contribution in [-0.2, 0) is 21.9 Å². The third-order valence-corrected chi connectivity index (χ3v) is 7.32. The van der Waals surface area contributed by atoms with E-state index in [1.165, 1.54) is 23.1 Å². The first-order valence-corrected chi connectivity index (χ1v) is 12.1. The largest absolute Gasteiger partial charge is 0.478 e. The van der Waals surface area contributed by atoms with E-state index >= 15 is 0 Å². The second kappa shape index (κ2) is 10.1. The van der Waals surface area contributed by atoms with Crippen molar-refractivity contribution in [3.8, 4) is 0 Å². The molecule has 1 aliphatic heterocycles. The number of likely N-dealkylation sites (tertiary alicyclic amines) is 1. The predicted octanol–water partition coefficient (Wildman–Crippen LogP) is 3.82. The van der Waals surface area contributed by atoms with E-state index in [-0.39, 0.29) is 23.8 Å². The summed E-state index contributed by atoms with van der Waals surface area (Å²) in [6, 6.07) is 14.7. The van der Waals surface area contributed by atoms with E-state index in [4.69, 9.17) is 5.11 Å². The normalized spacial score (nSPS) is 15.6. The van der Waals surface area contributed by atoms with Gasteiger partial charge in [-0.05, 0) is 30.2 Å². The molecule has 0 spiro atoms. The van der Waals surface area contributed by atoms with Crippen molar-refractivity contribution in [2.45, 2.75) is 30.0 Å². The number of benzene rings is 2. The Morgan fingerprint density at radius 3 is 2.52 bits per heavy atom. The van der Waals surface area contributed by atoms with E-state index in [1.54, 1.807) is 29.2 Å². The number of anilines is 1. The fourth-order valence-electron chi connectivity index (χ4n) is 3.43. The number of nitrogens with zero attached hydrogens (tertiary/aromatic N) is 3. The lowest BCUT2D eigenvalue weighted by molar-refractivity contribution is -0.128. The summed E-state index contributed by atoms with van der Waals surface area (Å²) in [7, 11) is 0. The molecular weight excluding hydrogens is 460 g/mol. The van der Waals surface area contributed by atoms with Crippen LogP contribution in [0.25, 0.3) is 0 Å². The number of amides is 2. The van der Waals surface area contributed by atoms with Crippen LogP contribution in [0.3, 0.4) is 0 Å². The monoisotopic (exact) mass is 482 g/mol. The molecule has 2 heterocycles. The molecule has 0 saturated carbocycles. The molecule has 4 rings (SSSR count). The maximum Gasteiger partial charge on any atom is 0.335 e. The quantitative estimate of drug-likeness (QED) is 0.371. The summed E-state index contributed by atoms with van der Waals surface area (Å²) in [5.41, 5.74) is 3.41. The third kappa shape index (κ3) is 5.96. The molecule has 1 fully saturated rings. The van der Waals surface area contributed by atoms with Gasteiger partial charge in [-0.25, -0.2) is 4.79 Å². The van der Waals surface area contributed by atoms with Crippen molar-refractivity contribution in [1.29, 1.82) is 0 Å². The van der Waals surface area contributed by atoms with Gasteiger partial charge in [-0.15, -0.1) is 10.2 Å². The minimum absolute atomic E-state index is 0.0295. The number of carbonyl (C=O) groups excluding carboxylic acids is 2. The first-order valence-electron chi connectivity index (χ1n) is 10.3. The second-order valence-corrected chi connectivity index (χ2v) is 10.0. The van der Waals surface area contributed by atoms with Crippen LogP contribution in [0.15, 0.2) is 52.9 Å². The molecule has 1 atom stereocenters. The first-order chi connectivity index (χ1) is 15.9. The van der Waals surface area contributed by atoms with Gasteiger partial charge in [0.2, 0.25) is 16.9 Å². The van der Waals surface area contributed by atoms with Crippen molar-refractivity contribution in [3.05, 3.63) is 70.8 Å². The molecule has 10 heteroatoms. The zero-order valence-corrected chi connectivity index (χ0v) is 19.5. The zero-order chi connectivity index (χ0) is 23.4. The topological polar surface area (TPSA) is 112 Å². The Kier molecular flexibility index (Phi) is 7.05. The third-order valence-electron chi connectivity index (χ3n) is 5.28. The van der Waals surface area contributed by atoms with Gasteiger partial charge < -0.3 is 15.3 Å². The Bertz CT molecular complexity index is 1160. The molecular formula is C23H22N4O4S2. The number of carboxylic acids is 1. The van der Waals surface area contributed by atoms with Gasteiger partial charge in [-0.2, -0.15) is 0 Å². The van der Waals surface area contributed by atoms with Crippen LogP contribution in [0.1, 0.15) is 33.5 Å². The van der Waals surface area contributed by atoms with Crippen molar-refractivity contribution in [1.82, 2.24) is 15.1 Å². The molecule has 0 radical (unpaired) electrons. The van der Waals surface area contributed by atoms with Crippen LogP contribution in [0.5, 0.6) is 0 Å². The fourth-order valence-corrected chi connectivity index (χ4v) is 5.14. The number of hydrogen-bond donors (Lipinski definition) is 2. The van der Waals surface area contributed by atoms with E-state index in [9.17, 15) is 14.4 Å². The van der Waals surface area contributed by atoms with Crippen molar-refractivity contribution < 1.29 is 19.5 Å². The number of rotatable bonds is 8. The minimum atomic E-state index is -0.957. The average Bonchev–Trinajstić information content (AvgIpc) is 3.40. The number of nitrogens with one attached hydrogen (secondary N) is 1. The number of aryl methyl sites for hydroxylation is 1. The van der Waals surface area contributed by atoms with Gasteiger partial charge in [0.1, 0.15) is 0 Å². The van der Waals surface area contributed by atoms with Gasteiger partial charge in [-0.1, -0.05) is 65.1 Å². The van der Waals surface area contributed by atoms with Gasteiger partial charge in [0.15, 0.2) is 4.34 Å². The van der Waals surface area contributed by atoms with Gasteiger partial charge in [-0.3, -0.25) is 9.59 Å². The molecule has 33 heavy (non-hydrogen) atoms. The molecule has 0 bridgehead atoms. The Labute approximate surface area is 199 Å². The smallest absolute Gasteiger partial charge is 0.335 e. The molecule has 170 valence electrons. The minimum Gasteiger partial charge on any atom is -0.478 e. The highest BCUT2D eigenvalue weighted by Crippen LogP contribution is 2.29. The summed E-state index contributed by atoms with van der Waals surface area (Å²) in [5, 5.41) is 20.3. The van der Waals surface area contributed by atoms with Crippen LogP contribution in [0.4, 0.5) is 5.13 Å². The number of thioether (sulfide) groups is 1. The summed E-state index contributed by atoms with van der Waals surface area (Å²) in [5.74, 6) is -1.03. The van der Waals surface area contributed by atoms with Crippen LogP contribution in [-0.4, -0.2) is 44.5 Å². The number of hydrogen-bond acceptors (Lipinski definition) is 7. The predicted molar refractivity (Wildman–Crippen MR) is 126 cm³/mol. The summed E-state index contributed by atoms with van der Waals surface area (Å²) in [6.07, 6.45) is 0.185. The van der Waals surface area contributed by atoms with Crippen LogP contribution in [0.2, 0.25) is 0 Å². The Hall–Kier alpha value is -3.24. The Balaban J connectivity index is 1.28. The number of carbonyl (C=O) groups is 3. The number of carboxylic acid groups (broad SMARTS) is 1. The zero-order valence-electron chi connectivity index (χ0n) is 17.9. The summed E-state index contributed by atoms with van der Waals surface area (Å²) < 4.78 is 0.691. The SMILES string of the molecule is Cc1ccc(CN2C[C@@H](C(=O)Nc3nnc(SCc4ccc(C(=O)O)cc4)s3)CC2=O)cc1. The number of aromatic nitrogens is 2. The van der Waals surface area contributed by atoms with Crippen molar-refractivity contribution in [2.24, 2.45) is 5.92 Å². The van der Waals surface area contributed by atoms with Crippen LogP contribution in [0, 0.1) is 12.8 Å². The molecule has 8 nitrogen and oxygen atoms in total. The highest BCUT2D eigenvalue weighted by Gasteiger charge is 2.34. The molecule has 1 aliphatic rings. The molecule has 0 aliphatic carbocycles. The van der Waals surface area contributed by atoms with Gasteiger partial charge in [0.25, 0.3) is 0 Å². The Morgan fingerprint density at radius 1 is 1.12 bits per heavy atom. The van der Waals surface area contributed by atoms with E-state index in [0.717, 1.165) is 16.7 Å². The second-order valence-electron chi connectivity index (χ2n) is 7.81. The molecule has 2 amide bonds. The lowest BCUT2D eigenvalue weighted by Gasteiger charge is -2.16. The van der Waals surface area contributed by atoms with Crippen LogP contribution < -0.4 is 5.32 Å². The number of aromatic carboxylic acids is 1. The highest BCUT2D eigenvalue weighted by molar-refractivity contribution is 8.00. The van der Waals surface area contributed by atoms with Gasteiger partial charge >= 0.3 is 5.97 Å².